The Hall–Kier alpha value is -2.74. The van der Waals surface area contributed by atoms with Crippen LogP contribution >= 0.6 is 0 Å². The Morgan fingerprint density at radius 3 is 2.30 bits per heavy atom. The maximum absolute atomic E-state index is 13.2. The summed E-state index contributed by atoms with van der Waals surface area (Å²) in [4.78, 5) is 14.7. The van der Waals surface area contributed by atoms with Gasteiger partial charge in [-0.2, -0.15) is 13.2 Å². The fraction of sp³-hybridized carbons (Fsp3) is 0.552. The molecule has 1 saturated carbocycles. The Balaban J connectivity index is 1.11. The highest BCUT2D eigenvalue weighted by Gasteiger charge is 2.33. The number of halogens is 3. The fourth-order valence-corrected chi connectivity index (χ4v) is 5.28. The van der Waals surface area contributed by atoms with Gasteiger partial charge < -0.3 is 20.3 Å². The average molecular weight is 518 g/mol. The number of ether oxygens (including phenoxy) is 1. The van der Waals surface area contributed by atoms with E-state index in [0.29, 0.717) is 18.2 Å². The number of rotatable bonds is 8. The van der Waals surface area contributed by atoms with Gasteiger partial charge in [-0.05, 0) is 88.1 Å². The lowest BCUT2D eigenvalue weighted by Gasteiger charge is -2.34. The molecule has 1 saturated heterocycles. The highest BCUT2D eigenvalue weighted by atomic mass is 19.4. The predicted molar refractivity (Wildman–Crippen MR) is 141 cm³/mol. The lowest BCUT2D eigenvalue weighted by atomic mass is 9.92. The first-order chi connectivity index (χ1) is 17.7. The number of amides is 1. The molecule has 37 heavy (non-hydrogen) atoms. The van der Waals surface area contributed by atoms with Crippen molar-refractivity contribution in [3.8, 4) is 0 Å². The molecule has 2 N–H and O–H groups in total. The molecule has 0 spiro atoms. The van der Waals surface area contributed by atoms with E-state index in [2.05, 4.69) is 46.7 Å². The van der Waals surface area contributed by atoms with Crippen LogP contribution in [0, 0.1) is 19.8 Å². The second-order valence-electron chi connectivity index (χ2n) is 10.5. The van der Waals surface area contributed by atoms with Crippen molar-refractivity contribution in [3.05, 3.63) is 59.2 Å². The van der Waals surface area contributed by atoms with E-state index >= 15 is 0 Å². The molecule has 0 bridgehead atoms. The SMILES string of the molecule is Cc1ccc(N2CCC(CNC(=O)COC3CCC(Nc4ccc(C)c(C(F)(F)F)c4)CC3)CC2)cc1. The monoisotopic (exact) mass is 517 g/mol. The first-order valence-corrected chi connectivity index (χ1v) is 13.3. The van der Waals surface area contributed by atoms with E-state index in [-0.39, 0.29) is 30.2 Å². The van der Waals surface area contributed by atoms with Gasteiger partial charge in [-0.3, -0.25) is 4.79 Å². The lowest BCUT2D eigenvalue weighted by molar-refractivity contribution is -0.138. The maximum atomic E-state index is 13.2. The standard InChI is InChI=1S/C29H38F3N3O2/c1-20-3-9-25(10-4-20)35-15-13-22(14-16-35)18-33-28(36)19-37-26-11-7-23(8-12-26)34-24-6-5-21(2)27(17-24)29(30,31)32/h3-6,9-10,17,22-23,26,34H,7-8,11-16,18-19H2,1-2H3,(H,33,36). The summed E-state index contributed by atoms with van der Waals surface area (Å²) in [5, 5.41) is 6.27. The molecule has 202 valence electrons. The lowest BCUT2D eigenvalue weighted by Crippen LogP contribution is -2.40. The number of benzene rings is 2. The molecular formula is C29H38F3N3O2. The van der Waals surface area contributed by atoms with E-state index in [9.17, 15) is 18.0 Å². The van der Waals surface area contributed by atoms with Crippen LogP contribution in [-0.4, -0.2) is 44.3 Å². The molecule has 2 aromatic carbocycles. The highest BCUT2D eigenvalue weighted by Crippen LogP contribution is 2.34. The van der Waals surface area contributed by atoms with Crippen LogP contribution in [0.2, 0.25) is 0 Å². The number of carbonyl (C=O) groups is 1. The van der Waals surface area contributed by atoms with Gasteiger partial charge in [0.25, 0.3) is 0 Å². The van der Waals surface area contributed by atoms with Crippen molar-refractivity contribution >= 4 is 17.3 Å². The van der Waals surface area contributed by atoms with Crippen LogP contribution in [0.15, 0.2) is 42.5 Å². The topological polar surface area (TPSA) is 53.6 Å². The molecule has 1 aliphatic carbocycles. The number of anilines is 2. The third-order valence-corrected chi connectivity index (χ3v) is 7.64. The van der Waals surface area contributed by atoms with E-state index in [4.69, 9.17) is 4.74 Å². The number of nitrogens with one attached hydrogen (secondary N) is 2. The van der Waals surface area contributed by atoms with Crippen LogP contribution in [0.4, 0.5) is 24.5 Å². The molecule has 1 amide bonds. The van der Waals surface area contributed by atoms with E-state index < -0.39 is 11.7 Å². The summed E-state index contributed by atoms with van der Waals surface area (Å²) in [7, 11) is 0. The van der Waals surface area contributed by atoms with Crippen LogP contribution in [0.3, 0.4) is 0 Å². The molecule has 2 aromatic rings. The van der Waals surface area contributed by atoms with Crippen LogP contribution in [0.5, 0.6) is 0 Å². The van der Waals surface area contributed by atoms with Gasteiger partial charge >= 0.3 is 6.18 Å². The highest BCUT2D eigenvalue weighted by molar-refractivity contribution is 5.77. The molecule has 1 aliphatic heterocycles. The number of nitrogens with zero attached hydrogens (tertiary/aromatic N) is 1. The van der Waals surface area contributed by atoms with Crippen molar-refractivity contribution in [1.29, 1.82) is 0 Å². The molecule has 0 unspecified atom stereocenters. The normalized spacial score (nSPS) is 21.1. The quantitative estimate of drug-likeness (QED) is 0.445. The zero-order chi connectivity index (χ0) is 26.4. The number of piperidine rings is 1. The Bertz CT molecular complexity index is 1030. The van der Waals surface area contributed by atoms with Crippen LogP contribution in [0.1, 0.15) is 55.2 Å². The molecule has 2 fully saturated rings. The van der Waals surface area contributed by atoms with Crippen LogP contribution in [0.25, 0.3) is 0 Å². The molecule has 4 rings (SSSR count). The van der Waals surface area contributed by atoms with Gasteiger partial charge in [-0.1, -0.05) is 23.8 Å². The zero-order valence-corrected chi connectivity index (χ0v) is 21.7. The zero-order valence-electron chi connectivity index (χ0n) is 21.7. The van der Waals surface area contributed by atoms with Gasteiger partial charge in [-0.15, -0.1) is 0 Å². The van der Waals surface area contributed by atoms with Crippen molar-refractivity contribution in [2.75, 3.05) is 36.5 Å². The van der Waals surface area contributed by atoms with E-state index in [1.54, 1.807) is 6.07 Å². The van der Waals surface area contributed by atoms with Crippen molar-refractivity contribution in [2.45, 2.75) is 70.7 Å². The van der Waals surface area contributed by atoms with Crippen molar-refractivity contribution < 1.29 is 22.7 Å². The summed E-state index contributed by atoms with van der Waals surface area (Å²) in [5.41, 5.74) is 2.64. The number of hydrogen-bond acceptors (Lipinski definition) is 4. The smallest absolute Gasteiger partial charge is 0.382 e. The molecule has 8 heteroatoms. The summed E-state index contributed by atoms with van der Waals surface area (Å²) < 4.78 is 45.4. The maximum Gasteiger partial charge on any atom is 0.416 e. The summed E-state index contributed by atoms with van der Waals surface area (Å²) >= 11 is 0. The molecule has 0 aromatic heterocycles. The molecule has 0 atom stereocenters. The van der Waals surface area contributed by atoms with Gasteiger partial charge in [0.05, 0.1) is 11.7 Å². The third-order valence-electron chi connectivity index (χ3n) is 7.64. The third kappa shape index (κ3) is 7.87. The number of aryl methyl sites for hydroxylation is 2. The van der Waals surface area contributed by atoms with Gasteiger partial charge in [0, 0.05) is 37.1 Å². The first-order valence-electron chi connectivity index (χ1n) is 13.3. The summed E-state index contributed by atoms with van der Waals surface area (Å²) in [6, 6.07) is 13.1. The van der Waals surface area contributed by atoms with E-state index in [0.717, 1.165) is 51.6 Å². The Morgan fingerprint density at radius 2 is 1.65 bits per heavy atom. The molecular weight excluding hydrogens is 479 g/mol. The number of alkyl halides is 3. The minimum atomic E-state index is -4.35. The summed E-state index contributed by atoms with van der Waals surface area (Å²) in [6.45, 7) is 6.29. The van der Waals surface area contributed by atoms with Gasteiger partial charge in [-0.25, -0.2) is 0 Å². The predicted octanol–water partition coefficient (Wildman–Crippen LogP) is 6.09. The van der Waals surface area contributed by atoms with Crippen molar-refractivity contribution in [2.24, 2.45) is 5.92 Å². The largest absolute Gasteiger partial charge is 0.416 e. The van der Waals surface area contributed by atoms with Gasteiger partial charge in [0.1, 0.15) is 6.61 Å². The average Bonchev–Trinajstić information content (AvgIpc) is 2.88. The Kier molecular flexibility index (Phi) is 9.00. The van der Waals surface area contributed by atoms with E-state index in [1.807, 2.05) is 0 Å². The second kappa shape index (κ2) is 12.2. The van der Waals surface area contributed by atoms with Crippen molar-refractivity contribution in [1.82, 2.24) is 5.32 Å². The minimum Gasteiger partial charge on any atom is -0.382 e. The van der Waals surface area contributed by atoms with Gasteiger partial charge in [0.15, 0.2) is 0 Å². The molecule has 0 radical (unpaired) electrons. The summed E-state index contributed by atoms with van der Waals surface area (Å²) in [6.07, 6.45) is 0.898. The van der Waals surface area contributed by atoms with Gasteiger partial charge in [0.2, 0.25) is 5.91 Å². The fourth-order valence-electron chi connectivity index (χ4n) is 5.28. The molecule has 1 heterocycles. The Labute approximate surface area is 217 Å². The Morgan fingerprint density at radius 1 is 0.973 bits per heavy atom. The summed E-state index contributed by atoms with van der Waals surface area (Å²) in [5.74, 6) is 0.396. The number of carbonyl (C=O) groups excluding carboxylic acids is 1. The molecule has 5 nitrogen and oxygen atoms in total. The van der Waals surface area contributed by atoms with Crippen molar-refractivity contribution in [3.63, 3.8) is 0 Å². The number of hydrogen-bond donors (Lipinski definition) is 2. The van der Waals surface area contributed by atoms with Crippen LogP contribution < -0.4 is 15.5 Å². The first kappa shape index (κ1) is 27.3. The molecule has 2 aliphatic rings. The van der Waals surface area contributed by atoms with Crippen LogP contribution in [-0.2, 0) is 15.7 Å². The second-order valence-corrected chi connectivity index (χ2v) is 10.5. The minimum absolute atomic E-state index is 0.00491. The van der Waals surface area contributed by atoms with E-state index in [1.165, 1.54) is 30.3 Å².